The summed E-state index contributed by atoms with van der Waals surface area (Å²) in [5, 5.41) is 2.69. The average Bonchev–Trinajstić information content (AvgIpc) is 2.45. The number of amides is 1. The number of benzene rings is 1. The van der Waals surface area contributed by atoms with Gasteiger partial charge in [0.25, 0.3) is 0 Å². The molecular formula is C14H13BrN2O2. The fraction of sp³-hybridized carbons (Fsp3) is 0.143. The van der Waals surface area contributed by atoms with E-state index in [4.69, 9.17) is 4.74 Å². The molecule has 0 aliphatic heterocycles. The lowest BCUT2D eigenvalue weighted by atomic mass is 10.2. The molecule has 1 heterocycles. The number of ether oxygens (including phenoxy) is 1. The third-order valence-electron chi connectivity index (χ3n) is 2.44. The third kappa shape index (κ3) is 4.71. The van der Waals surface area contributed by atoms with Crippen LogP contribution in [0.5, 0.6) is 0 Å². The van der Waals surface area contributed by atoms with Crippen LogP contribution in [0.15, 0.2) is 53.3 Å². The molecule has 1 amide bonds. The van der Waals surface area contributed by atoms with Crippen molar-refractivity contribution in [1.29, 1.82) is 0 Å². The van der Waals surface area contributed by atoms with E-state index in [-0.39, 0.29) is 6.61 Å². The van der Waals surface area contributed by atoms with Gasteiger partial charge in [-0.15, -0.1) is 0 Å². The van der Waals surface area contributed by atoms with Crippen molar-refractivity contribution in [2.45, 2.75) is 13.2 Å². The molecule has 0 aliphatic carbocycles. The van der Waals surface area contributed by atoms with Crippen LogP contribution in [0.25, 0.3) is 0 Å². The molecule has 19 heavy (non-hydrogen) atoms. The fourth-order valence-electron chi connectivity index (χ4n) is 1.46. The summed E-state index contributed by atoms with van der Waals surface area (Å²) >= 11 is 3.36. The molecule has 0 unspecified atom stereocenters. The molecule has 2 aromatic rings. The van der Waals surface area contributed by atoms with Crippen LogP contribution in [-0.4, -0.2) is 11.1 Å². The molecule has 2 rings (SSSR count). The topological polar surface area (TPSA) is 51.2 Å². The predicted octanol–water partition coefficient (Wildman–Crippen LogP) is 3.27. The van der Waals surface area contributed by atoms with E-state index in [0.29, 0.717) is 6.54 Å². The molecule has 1 N–H and O–H groups in total. The molecule has 1 aromatic heterocycles. The zero-order valence-electron chi connectivity index (χ0n) is 10.2. The van der Waals surface area contributed by atoms with E-state index in [1.807, 2.05) is 30.3 Å². The fourth-order valence-corrected chi connectivity index (χ4v) is 1.72. The lowest BCUT2D eigenvalue weighted by Crippen LogP contribution is -2.23. The van der Waals surface area contributed by atoms with Gasteiger partial charge in [-0.1, -0.05) is 34.1 Å². The Hall–Kier alpha value is -1.88. The molecule has 4 nitrogen and oxygen atoms in total. The Balaban J connectivity index is 1.74. The van der Waals surface area contributed by atoms with Gasteiger partial charge in [0.2, 0.25) is 0 Å². The van der Waals surface area contributed by atoms with Gasteiger partial charge in [0.05, 0.1) is 0 Å². The summed E-state index contributed by atoms with van der Waals surface area (Å²) in [7, 11) is 0. The smallest absolute Gasteiger partial charge is 0.407 e. The maximum Gasteiger partial charge on any atom is 0.407 e. The van der Waals surface area contributed by atoms with Gasteiger partial charge < -0.3 is 10.1 Å². The highest BCUT2D eigenvalue weighted by molar-refractivity contribution is 9.10. The Morgan fingerprint density at radius 2 is 2.00 bits per heavy atom. The summed E-state index contributed by atoms with van der Waals surface area (Å²) in [6.07, 6.45) is 2.91. The standard InChI is InChI=1S/C14H13BrN2O2/c15-13-5-3-11(4-6-13)9-17-14(18)19-10-12-2-1-7-16-8-12/h1-8H,9-10H2,(H,17,18). The summed E-state index contributed by atoms with van der Waals surface area (Å²) in [4.78, 5) is 15.4. The number of carbonyl (C=O) groups excluding carboxylic acids is 1. The maximum atomic E-state index is 11.5. The van der Waals surface area contributed by atoms with Gasteiger partial charge in [0.1, 0.15) is 6.61 Å². The summed E-state index contributed by atoms with van der Waals surface area (Å²) < 4.78 is 6.08. The van der Waals surface area contributed by atoms with Crippen molar-refractivity contribution in [3.63, 3.8) is 0 Å². The molecule has 5 heteroatoms. The van der Waals surface area contributed by atoms with Crippen molar-refractivity contribution in [3.05, 3.63) is 64.4 Å². The first-order chi connectivity index (χ1) is 9.24. The molecule has 0 aliphatic rings. The van der Waals surface area contributed by atoms with Gasteiger partial charge in [0.15, 0.2) is 0 Å². The van der Waals surface area contributed by atoms with Crippen molar-refractivity contribution in [2.24, 2.45) is 0 Å². The van der Waals surface area contributed by atoms with Crippen LogP contribution in [0, 0.1) is 0 Å². The number of rotatable bonds is 4. The van der Waals surface area contributed by atoms with Crippen molar-refractivity contribution >= 4 is 22.0 Å². The number of alkyl carbamates (subject to hydrolysis) is 1. The molecule has 98 valence electrons. The van der Waals surface area contributed by atoms with E-state index in [0.717, 1.165) is 15.6 Å². The van der Waals surface area contributed by atoms with E-state index >= 15 is 0 Å². The molecule has 0 bridgehead atoms. The molecule has 0 atom stereocenters. The number of nitrogens with zero attached hydrogens (tertiary/aromatic N) is 1. The molecule has 0 radical (unpaired) electrons. The minimum absolute atomic E-state index is 0.222. The Morgan fingerprint density at radius 1 is 1.21 bits per heavy atom. The number of nitrogens with one attached hydrogen (secondary N) is 1. The maximum absolute atomic E-state index is 11.5. The van der Waals surface area contributed by atoms with Crippen molar-refractivity contribution in [1.82, 2.24) is 10.3 Å². The van der Waals surface area contributed by atoms with Crippen molar-refractivity contribution < 1.29 is 9.53 Å². The van der Waals surface area contributed by atoms with E-state index in [9.17, 15) is 4.79 Å². The van der Waals surface area contributed by atoms with Gasteiger partial charge in [0, 0.05) is 29.0 Å². The number of hydrogen-bond donors (Lipinski definition) is 1. The van der Waals surface area contributed by atoms with Crippen LogP contribution in [0.4, 0.5) is 4.79 Å². The summed E-state index contributed by atoms with van der Waals surface area (Å²) in [6.45, 7) is 0.666. The number of carbonyl (C=O) groups is 1. The number of halogens is 1. The van der Waals surface area contributed by atoms with Crippen LogP contribution >= 0.6 is 15.9 Å². The molecule has 0 saturated carbocycles. The molecule has 1 aromatic carbocycles. The SMILES string of the molecule is O=C(NCc1ccc(Br)cc1)OCc1cccnc1. The largest absolute Gasteiger partial charge is 0.445 e. The van der Waals surface area contributed by atoms with Crippen LogP contribution in [0.1, 0.15) is 11.1 Å². The van der Waals surface area contributed by atoms with Crippen molar-refractivity contribution in [2.75, 3.05) is 0 Å². The van der Waals surface area contributed by atoms with Gasteiger partial charge in [-0.05, 0) is 23.8 Å². The summed E-state index contributed by atoms with van der Waals surface area (Å²) in [5.74, 6) is 0. The van der Waals surface area contributed by atoms with Crippen LogP contribution < -0.4 is 5.32 Å². The molecule has 0 saturated heterocycles. The second-order valence-electron chi connectivity index (χ2n) is 3.92. The lowest BCUT2D eigenvalue weighted by Gasteiger charge is -2.07. The monoisotopic (exact) mass is 320 g/mol. The second-order valence-corrected chi connectivity index (χ2v) is 4.83. The van der Waals surface area contributed by atoms with Gasteiger partial charge in [-0.2, -0.15) is 0 Å². The van der Waals surface area contributed by atoms with Crippen LogP contribution in [-0.2, 0) is 17.9 Å². The Bertz CT molecular complexity index is 529. The minimum Gasteiger partial charge on any atom is -0.445 e. The third-order valence-corrected chi connectivity index (χ3v) is 2.97. The zero-order chi connectivity index (χ0) is 13.5. The molecule has 0 spiro atoms. The summed E-state index contributed by atoms with van der Waals surface area (Å²) in [5.41, 5.74) is 1.88. The van der Waals surface area contributed by atoms with E-state index in [1.54, 1.807) is 18.5 Å². The predicted molar refractivity (Wildman–Crippen MR) is 75.4 cm³/mol. The van der Waals surface area contributed by atoms with Crippen LogP contribution in [0.2, 0.25) is 0 Å². The molecular weight excluding hydrogens is 308 g/mol. The number of hydrogen-bond acceptors (Lipinski definition) is 3. The van der Waals surface area contributed by atoms with Gasteiger partial charge >= 0.3 is 6.09 Å². The average molecular weight is 321 g/mol. The van der Waals surface area contributed by atoms with E-state index < -0.39 is 6.09 Å². The van der Waals surface area contributed by atoms with Gasteiger partial charge in [-0.25, -0.2) is 4.79 Å². The Kier molecular flexibility index (Phi) is 4.92. The first-order valence-corrected chi connectivity index (χ1v) is 6.57. The quantitative estimate of drug-likeness (QED) is 0.940. The Morgan fingerprint density at radius 3 is 2.68 bits per heavy atom. The number of pyridine rings is 1. The highest BCUT2D eigenvalue weighted by Crippen LogP contribution is 2.10. The Labute approximate surface area is 119 Å². The van der Waals surface area contributed by atoms with E-state index in [2.05, 4.69) is 26.2 Å². The lowest BCUT2D eigenvalue weighted by molar-refractivity contribution is 0.139. The van der Waals surface area contributed by atoms with Crippen molar-refractivity contribution in [3.8, 4) is 0 Å². The zero-order valence-corrected chi connectivity index (χ0v) is 11.8. The highest BCUT2D eigenvalue weighted by Gasteiger charge is 2.02. The minimum atomic E-state index is -0.438. The first kappa shape index (κ1) is 13.5. The molecule has 0 fully saturated rings. The van der Waals surface area contributed by atoms with E-state index in [1.165, 1.54) is 0 Å². The normalized spacial score (nSPS) is 9.95. The summed E-state index contributed by atoms with van der Waals surface area (Å²) in [6, 6.07) is 11.4. The second kappa shape index (κ2) is 6.89. The first-order valence-electron chi connectivity index (χ1n) is 5.78. The van der Waals surface area contributed by atoms with Crippen LogP contribution in [0.3, 0.4) is 0 Å². The van der Waals surface area contributed by atoms with Gasteiger partial charge in [-0.3, -0.25) is 4.98 Å². The highest BCUT2D eigenvalue weighted by atomic mass is 79.9. The number of aromatic nitrogens is 1.